The van der Waals surface area contributed by atoms with E-state index >= 15 is 0 Å². The van der Waals surface area contributed by atoms with Crippen LogP contribution in [0.15, 0.2) is 18.2 Å². The highest BCUT2D eigenvalue weighted by atomic mass is 14.3. The molecule has 1 aromatic rings. The van der Waals surface area contributed by atoms with Crippen LogP contribution in [0.25, 0.3) is 0 Å². The lowest BCUT2D eigenvalue weighted by atomic mass is 9.76. The summed E-state index contributed by atoms with van der Waals surface area (Å²) in [5.41, 5.74) is 4.86. The Morgan fingerprint density at radius 3 is 1.44 bits per heavy atom. The second kappa shape index (κ2) is 20.2. The summed E-state index contributed by atoms with van der Waals surface area (Å²) in [6.45, 7) is 7.02. The molecule has 0 saturated heterocycles. The zero-order valence-corrected chi connectivity index (χ0v) is 26.9. The van der Waals surface area contributed by atoms with Crippen molar-refractivity contribution in [3.63, 3.8) is 0 Å². The average molecular weight is 537 g/mol. The molecule has 39 heavy (non-hydrogen) atoms. The molecule has 0 spiro atoms. The van der Waals surface area contributed by atoms with E-state index in [0.29, 0.717) is 0 Å². The quantitative estimate of drug-likeness (QED) is 0.145. The number of aryl methyl sites for hydroxylation is 2. The molecule has 0 bridgehead atoms. The van der Waals surface area contributed by atoms with Crippen molar-refractivity contribution in [1.82, 2.24) is 0 Å². The van der Waals surface area contributed by atoms with Crippen molar-refractivity contribution in [3.05, 3.63) is 34.9 Å². The van der Waals surface area contributed by atoms with E-state index in [2.05, 4.69) is 39.0 Å². The van der Waals surface area contributed by atoms with E-state index in [0.717, 1.165) is 23.7 Å². The van der Waals surface area contributed by atoms with Crippen LogP contribution in [-0.4, -0.2) is 0 Å². The first-order valence-electron chi connectivity index (χ1n) is 18.3. The van der Waals surface area contributed by atoms with Crippen LogP contribution in [0.4, 0.5) is 0 Å². The van der Waals surface area contributed by atoms with Crippen molar-refractivity contribution in [2.75, 3.05) is 0 Å². The van der Waals surface area contributed by atoms with Crippen LogP contribution in [0.1, 0.15) is 197 Å². The lowest BCUT2D eigenvalue weighted by molar-refractivity contribution is 0.248. The molecule has 0 atom stereocenters. The zero-order chi connectivity index (χ0) is 27.5. The van der Waals surface area contributed by atoms with Crippen molar-refractivity contribution in [2.24, 2.45) is 17.8 Å². The normalized spacial score (nSPS) is 23.8. The third-order valence-electron chi connectivity index (χ3n) is 10.9. The van der Waals surface area contributed by atoms with Crippen LogP contribution in [0.2, 0.25) is 0 Å². The highest BCUT2D eigenvalue weighted by Crippen LogP contribution is 2.39. The van der Waals surface area contributed by atoms with E-state index < -0.39 is 0 Å². The van der Waals surface area contributed by atoms with Crippen LogP contribution in [0, 0.1) is 24.7 Å². The summed E-state index contributed by atoms with van der Waals surface area (Å²) < 4.78 is 0. The van der Waals surface area contributed by atoms with Crippen molar-refractivity contribution < 1.29 is 0 Å². The van der Waals surface area contributed by atoms with E-state index in [1.165, 1.54) is 167 Å². The van der Waals surface area contributed by atoms with Gasteiger partial charge >= 0.3 is 0 Å². The molecular weight excluding hydrogens is 468 g/mol. The topological polar surface area (TPSA) is 0 Å². The summed E-state index contributed by atoms with van der Waals surface area (Å²) in [4.78, 5) is 0. The van der Waals surface area contributed by atoms with Gasteiger partial charge in [0.25, 0.3) is 0 Å². The van der Waals surface area contributed by atoms with Crippen molar-refractivity contribution >= 4 is 0 Å². The molecule has 0 amide bonds. The monoisotopic (exact) mass is 537 g/mol. The minimum absolute atomic E-state index is 0.828. The first-order valence-corrected chi connectivity index (χ1v) is 18.3. The van der Waals surface area contributed by atoms with Gasteiger partial charge in [-0.05, 0) is 85.8 Å². The van der Waals surface area contributed by atoms with E-state index in [1.807, 2.05) is 0 Å². The Labute approximate surface area is 245 Å². The van der Waals surface area contributed by atoms with Gasteiger partial charge in [-0.15, -0.1) is 0 Å². The summed E-state index contributed by atoms with van der Waals surface area (Å²) in [5, 5.41) is 0. The van der Waals surface area contributed by atoms with Crippen LogP contribution in [0.3, 0.4) is 0 Å². The Balaban J connectivity index is 1.26. The second-order valence-corrected chi connectivity index (χ2v) is 14.1. The molecule has 2 fully saturated rings. The van der Waals surface area contributed by atoms with Crippen molar-refractivity contribution in [1.29, 1.82) is 0 Å². The van der Waals surface area contributed by atoms with Gasteiger partial charge in [-0.25, -0.2) is 0 Å². The fourth-order valence-corrected chi connectivity index (χ4v) is 7.99. The van der Waals surface area contributed by atoms with Gasteiger partial charge in [0.15, 0.2) is 0 Å². The molecule has 0 nitrogen and oxygen atoms in total. The highest BCUT2D eigenvalue weighted by molar-refractivity contribution is 5.33. The van der Waals surface area contributed by atoms with Crippen LogP contribution < -0.4 is 0 Å². The number of unbranched alkanes of at least 4 members (excludes halogenated alkanes) is 12. The molecule has 0 radical (unpaired) electrons. The SMILES string of the molecule is CCCCCCCCC[C@H]1CC[C@H](CCc2ccc([C@H]3CC[C@H](CCCCCCCCC)CC3)cc2C)CC1. The maximum atomic E-state index is 2.58. The first-order chi connectivity index (χ1) is 19.2. The molecule has 0 heterocycles. The predicted molar refractivity (Wildman–Crippen MR) is 175 cm³/mol. The fourth-order valence-electron chi connectivity index (χ4n) is 7.99. The van der Waals surface area contributed by atoms with E-state index in [1.54, 1.807) is 16.7 Å². The van der Waals surface area contributed by atoms with Crippen LogP contribution >= 0.6 is 0 Å². The Morgan fingerprint density at radius 1 is 0.513 bits per heavy atom. The minimum Gasteiger partial charge on any atom is -0.0654 e. The molecule has 1 aromatic carbocycles. The van der Waals surface area contributed by atoms with Crippen molar-refractivity contribution in [2.45, 2.75) is 194 Å². The smallest absolute Gasteiger partial charge is 0.0162 e. The van der Waals surface area contributed by atoms with Gasteiger partial charge in [-0.3, -0.25) is 0 Å². The lowest BCUT2D eigenvalue weighted by Crippen LogP contribution is -2.15. The van der Waals surface area contributed by atoms with Gasteiger partial charge in [-0.2, -0.15) is 0 Å². The molecule has 0 N–H and O–H groups in total. The molecule has 2 aliphatic carbocycles. The molecule has 0 unspecified atom stereocenters. The number of benzene rings is 1. The standard InChI is InChI=1S/C39H68/c1-4-6-8-10-12-14-16-18-34-20-22-36(23-21-34)24-27-37-30-31-39(32-33(37)3)38-28-25-35(26-29-38)19-17-15-13-11-9-7-5-2/h30-32,34-36,38H,4-29H2,1-3H3/t34-,35-,36-,38-. The highest BCUT2D eigenvalue weighted by Gasteiger charge is 2.23. The Bertz CT molecular complexity index is 716. The van der Waals surface area contributed by atoms with E-state index in [4.69, 9.17) is 0 Å². The molecule has 2 aliphatic rings. The number of hydrogen-bond donors (Lipinski definition) is 0. The minimum atomic E-state index is 0.828. The molecule has 0 aromatic heterocycles. The summed E-state index contributed by atoms with van der Waals surface area (Å²) in [6.07, 6.45) is 38.0. The molecular formula is C39H68. The Morgan fingerprint density at radius 2 is 0.949 bits per heavy atom. The number of hydrogen-bond acceptors (Lipinski definition) is 0. The molecule has 2 saturated carbocycles. The molecule has 0 heteroatoms. The Hall–Kier alpha value is -0.780. The number of rotatable bonds is 20. The maximum Gasteiger partial charge on any atom is -0.0162 e. The Kier molecular flexibility index (Phi) is 16.9. The first kappa shape index (κ1) is 32.7. The van der Waals surface area contributed by atoms with Gasteiger partial charge in [0.1, 0.15) is 0 Å². The van der Waals surface area contributed by atoms with Gasteiger partial charge < -0.3 is 0 Å². The third-order valence-corrected chi connectivity index (χ3v) is 10.9. The molecule has 3 rings (SSSR count). The lowest BCUT2D eigenvalue weighted by Gasteiger charge is -2.30. The maximum absolute atomic E-state index is 2.58. The van der Waals surface area contributed by atoms with E-state index in [-0.39, 0.29) is 0 Å². The van der Waals surface area contributed by atoms with Gasteiger partial charge in [0.2, 0.25) is 0 Å². The zero-order valence-electron chi connectivity index (χ0n) is 26.9. The summed E-state index contributed by atoms with van der Waals surface area (Å²) in [5.74, 6) is 3.88. The molecule has 0 aliphatic heterocycles. The van der Waals surface area contributed by atoms with Crippen LogP contribution in [-0.2, 0) is 6.42 Å². The summed E-state index contributed by atoms with van der Waals surface area (Å²) in [6, 6.07) is 7.61. The van der Waals surface area contributed by atoms with Gasteiger partial charge in [-0.1, -0.05) is 160 Å². The summed E-state index contributed by atoms with van der Waals surface area (Å²) in [7, 11) is 0. The van der Waals surface area contributed by atoms with Crippen molar-refractivity contribution in [3.8, 4) is 0 Å². The van der Waals surface area contributed by atoms with Gasteiger partial charge in [0, 0.05) is 0 Å². The largest absolute Gasteiger partial charge is 0.0654 e. The molecule has 224 valence electrons. The van der Waals surface area contributed by atoms with Gasteiger partial charge in [0.05, 0.1) is 0 Å². The van der Waals surface area contributed by atoms with Crippen LogP contribution in [0.5, 0.6) is 0 Å². The van der Waals surface area contributed by atoms with E-state index in [9.17, 15) is 0 Å². The predicted octanol–water partition coefficient (Wildman–Crippen LogP) is 13.3. The fraction of sp³-hybridized carbons (Fsp3) is 0.846. The average Bonchev–Trinajstić information content (AvgIpc) is 2.96. The summed E-state index contributed by atoms with van der Waals surface area (Å²) >= 11 is 0. The second-order valence-electron chi connectivity index (χ2n) is 14.1. The third kappa shape index (κ3) is 13.2.